The van der Waals surface area contributed by atoms with E-state index in [0.717, 1.165) is 18.3 Å². The summed E-state index contributed by atoms with van der Waals surface area (Å²) in [5.74, 6) is -0.472. The molecule has 2 rings (SSSR count). The molecule has 0 saturated carbocycles. The molecule has 20 heavy (non-hydrogen) atoms. The molecule has 0 spiro atoms. The normalized spacial score (nSPS) is 17.9. The highest BCUT2D eigenvalue weighted by Crippen LogP contribution is 2.15. The molecule has 0 aromatic heterocycles. The molecule has 2 amide bonds. The number of hydrogen-bond donors (Lipinski definition) is 1. The first-order valence-electron chi connectivity index (χ1n) is 6.72. The van der Waals surface area contributed by atoms with Gasteiger partial charge >= 0.3 is 0 Å². The van der Waals surface area contributed by atoms with Crippen LogP contribution in [0.4, 0.5) is 0 Å². The number of rotatable bonds is 4. The van der Waals surface area contributed by atoms with Gasteiger partial charge in [-0.1, -0.05) is 18.2 Å². The molecule has 1 heterocycles. The Bertz CT molecular complexity index is 528. The Balaban J connectivity index is 1.92. The minimum atomic E-state index is -0.335. The molecule has 5 nitrogen and oxygen atoms in total. The maximum atomic E-state index is 12.0. The van der Waals surface area contributed by atoms with Crippen LogP contribution in [0.2, 0.25) is 0 Å². The van der Waals surface area contributed by atoms with Gasteiger partial charge in [0.05, 0.1) is 12.6 Å². The molecule has 1 atom stereocenters. The number of benzene rings is 1. The number of aryl methyl sites for hydroxylation is 1. The first-order chi connectivity index (χ1) is 9.63. The second kappa shape index (κ2) is 6.32. The lowest BCUT2D eigenvalue weighted by Gasteiger charge is -2.20. The van der Waals surface area contributed by atoms with Crippen molar-refractivity contribution in [3.8, 4) is 0 Å². The molecule has 1 saturated heterocycles. The van der Waals surface area contributed by atoms with Gasteiger partial charge in [0.25, 0.3) is 5.91 Å². The summed E-state index contributed by atoms with van der Waals surface area (Å²) in [4.78, 5) is 36.4. The van der Waals surface area contributed by atoms with Crippen molar-refractivity contribution in [3.05, 3.63) is 35.4 Å². The quantitative estimate of drug-likeness (QED) is 0.830. The molecule has 1 aliphatic rings. The average molecular weight is 274 g/mol. The smallest absolute Gasteiger partial charge is 0.251 e. The van der Waals surface area contributed by atoms with Crippen LogP contribution in [0.5, 0.6) is 0 Å². The summed E-state index contributed by atoms with van der Waals surface area (Å²) in [5, 5.41) is 2.62. The molecule has 1 aromatic carbocycles. The summed E-state index contributed by atoms with van der Waals surface area (Å²) < 4.78 is 0. The molecule has 0 bridgehead atoms. The Labute approximate surface area is 118 Å². The fourth-order valence-corrected chi connectivity index (χ4v) is 2.42. The minimum absolute atomic E-state index is 0.0719. The number of hydrogen-bond acceptors (Lipinski definition) is 3. The van der Waals surface area contributed by atoms with Crippen LogP contribution in [0.3, 0.4) is 0 Å². The summed E-state index contributed by atoms with van der Waals surface area (Å²) in [6, 6.07) is 6.87. The van der Waals surface area contributed by atoms with Gasteiger partial charge in [0, 0.05) is 12.1 Å². The van der Waals surface area contributed by atoms with Crippen LogP contribution in [-0.2, 0) is 9.59 Å². The SMILES string of the molecule is Cc1ccccc1C(=O)NCC(=O)N1CCC[C@H]1C=O. The average Bonchev–Trinajstić information content (AvgIpc) is 2.93. The van der Waals surface area contributed by atoms with Crippen molar-refractivity contribution in [1.29, 1.82) is 0 Å². The van der Waals surface area contributed by atoms with Gasteiger partial charge < -0.3 is 15.0 Å². The Hall–Kier alpha value is -2.17. The Morgan fingerprint density at radius 2 is 2.15 bits per heavy atom. The van der Waals surface area contributed by atoms with E-state index in [1.165, 1.54) is 4.90 Å². The van der Waals surface area contributed by atoms with Gasteiger partial charge in [0.2, 0.25) is 5.91 Å². The fourth-order valence-electron chi connectivity index (χ4n) is 2.42. The third-order valence-electron chi connectivity index (χ3n) is 3.57. The molecule has 106 valence electrons. The second-order valence-corrected chi connectivity index (χ2v) is 4.93. The maximum absolute atomic E-state index is 12.0. The number of nitrogens with zero attached hydrogens (tertiary/aromatic N) is 1. The number of carbonyl (C=O) groups excluding carboxylic acids is 3. The molecule has 0 unspecified atom stereocenters. The van der Waals surface area contributed by atoms with Gasteiger partial charge in [-0.15, -0.1) is 0 Å². The predicted molar refractivity (Wildman–Crippen MR) is 74.3 cm³/mol. The fraction of sp³-hybridized carbons (Fsp3) is 0.400. The van der Waals surface area contributed by atoms with Gasteiger partial charge in [0.15, 0.2) is 0 Å². The van der Waals surface area contributed by atoms with Crippen molar-refractivity contribution in [2.24, 2.45) is 0 Å². The van der Waals surface area contributed by atoms with Crippen molar-refractivity contribution >= 4 is 18.1 Å². The molecule has 5 heteroatoms. The standard InChI is InChI=1S/C15H18N2O3/c1-11-5-2-3-7-13(11)15(20)16-9-14(19)17-8-4-6-12(17)10-18/h2-3,5,7,10,12H,4,6,8-9H2,1H3,(H,16,20)/t12-/m0/s1. The first-order valence-corrected chi connectivity index (χ1v) is 6.72. The lowest BCUT2D eigenvalue weighted by atomic mass is 10.1. The number of likely N-dealkylation sites (tertiary alicyclic amines) is 1. The summed E-state index contributed by atoms with van der Waals surface area (Å²) in [5.41, 5.74) is 1.43. The van der Waals surface area contributed by atoms with Crippen LogP contribution in [0.1, 0.15) is 28.8 Å². The molecule has 1 aliphatic heterocycles. The zero-order valence-electron chi connectivity index (χ0n) is 11.5. The lowest BCUT2D eigenvalue weighted by molar-refractivity contribution is -0.133. The Morgan fingerprint density at radius 3 is 2.85 bits per heavy atom. The van der Waals surface area contributed by atoms with Gasteiger partial charge in [-0.3, -0.25) is 9.59 Å². The molecule has 0 aliphatic carbocycles. The number of carbonyl (C=O) groups is 3. The van der Waals surface area contributed by atoms with Gasteiger partial charge in [-0.2, -0.15) is 0 Å². The van der Waals surface area contributed by atoms with Crippen LogP contribution in [-0.4, -0.2) is 42.1 Å². The molecule has 1 fully saturated rings. The third-order valence-corrected chi connectivity index (χ3v) is 3.57. The zero-order valence-corrected chi connectivity index (χ0v) is 11.5. The van der Waals surface area contributed by atoms with Crippen molar-refractivity contribution < 1.29 is 14.4 Å². The molecule has 1 aromatic rings. The van der Waals surface area contributed by atoms with E-state index in [2.05, 4.69) is 5.32 Å². The number of amides is 2. The summed E-state index contributed by atoms with van der Waals surface area (Å²) >= 11 is 0. The van der Waals surface area contributed by atoms with Crippen molar-refractivity contribution in [2.45, 2.75) is 25.8 Å². The molecule has 1 N–H and O–H groups in total. The monoisotopic (exact) mass is 274 g/mol. The topological polar surface area (TPSA) is 66.5 Å². The Morgan fingerprint density at radius 1 is 1.40 bits per heavy atom. The predicted octanol–water partition coefficient (Wildman–Crippen LogP) is 0.915. The lowest BCUT2D eigenvalue weighted by Crippen LogP contribution is -2.43. The van der Waals surface area contributed by atoms with E-state index >= 15 is 0 Å². The summed E-state index contributed by atoms with van der Waals surface area (Å²) in [6.45, 7) is 2.36. The molecule has 0 radical (unpaired) electrons. The molecular formula is C15H18N2O3. The van der Waals surface area contributed by atoms with Crippen LogP contribution >= 0.6 is 0 Å². The van der Waals surface area contributed by atoms with Crippen molar-refractivity contribution in [1.82, 2.24) is 10.2 Å². The van der Waals surface area contributed by atoms with Crippen LogP contribution in [0.15, 0.2) is 24.3 Å². The maximum Gasteiger partial charge on any atom is 0.251 e. The van der Waals surface area contributed by atoms with E-state index in [9.17, 15) is 14.4 Å². The van der Waals surface area contributed by atoms with Gasteiger partial charge in [-0.05, 0) is 31.4 Å². The van der Waals surface area contributed by atoms with Gasteiger partial charge in [-0.25, -0.2) is 0 Å². The largest absolute Gasteiger partial charge is 0.343 e. The van der Waals surface area contributed by atoms with Crippen LogP contribution in [0, 0.1) is 6.92 Å². The second-order valence-electron chi connectivity index (χ2n) is 4.93. The highest BCUT2D eigenvalue weighted by molar-refractivity contribution is 5.97. The van der Waals surface area contributed by atoms with E-state index < -0.39 is 0 Å². The van der Waals surface area contributed by atoms with E-state index in [-0.39, 0.29) is 24.4 Å². The summed E-state index contributed by atoms with van der Waals surface area (Å²) in [6.07, 6.45) is 2.34. The Kier molecular flexibility index (Phi) is 4.50. The first kappa shape index (κ1) is 14.2. The van der Waals surface area contributed by atoms with E-state index in [1.54, 1.807) is 12.1 Å². The van der Waals surface area contributed by atoms with E-state index in [0.29, 0.717) is 18.5 Å². The number of nitrogens with one attached hydrogen (secondary N) is 1. The van der Waals surface area contributed by atoms with E-state index in [4.69, 9.17) is 0 Å². The van der Waals surface area contributed by atoms with Crippen LogP contribution in [0.25, 0.3) is 0 Å². The summed E-state index contributed by atoms with van der Waals surface area (Å²) in [7, 11) is 0. The molecular weight excluding hydrogens is 256 g/mol. The minimum Gasteiger partial charge on any atom is -0.343 e. The number of aldehydes is 1. The van der Waals surface area contributed by atoms with E-state index in [1.807, 2.05) is 19.1 Å². The van der Waals surface area contributed by atoms with Gasteiger partial charge in [0.1, 0.15) is 6.29 Å². The van der Waals surface area contributed by atoms with Crippen molar-refractivity contribution in [2.75, 3.05) is 13.1 Å². The van der Waals surface area contributed by atoms with Crippen LogP contribution < -0.4 is 5.32 Å². The highest BCUT2D eigenvalue weighted by atomic mass is 16.2. The highest BCUT2D eigenvalue weighted by Gasteiger charge is 2.28. The van der Waals surface area contributed by atoms with Crippen molar-refractivity contribution in [3.63, 3.8) is 0 Å². The zero-order chi connectivity index (χ0) is 14.5. The third kappa shape index (κ3) is 3.04.